The predicted octanol–water partition coefficient (Wildman–Crippen LogP) is 1.51. The number of halogens is 5. The molecule has 4 nitrogen and oxygen atoms in total. The number of nitrogens with one attached hydrogen (secondary N) is 1. The highest BCUT2D eigenvalue weighted by Crippen LogP contribution is 2.27. The first-order chi connectivity index (χ1) is 8.71. The molecule has 0 atom stereocenters. The van der Waals surface area contributed by atoms with Gasteiger partial charge in [-0.15, -0.1) is 0 Å². The Bertz CT molecular complexity index is 561. The molecule has 0 aliphatic carbocycles. The fourth-order valence-corrected chi connectivity index (χ4v) is 2.26. The maximum Gasteiger partial charge on any atom is 0.232 e. The molecule has 0 aliphatic heterocycles. The van der Waals surface area contributed by atoms with Gasteiger partial charge >= 0.3 is 0 Å². The number of anilines is 1. The summed E-state index contributed by atoms with van der Waals surface area (Å²) in [5, 5.41) is 8.42. The third-order valence-electron chi connectivity index (χ3n) is 2.04. The highest BCUT2D eigenvalue weighted by molar-refractivity contribution is 7.92. The molecule has 1 rings (SSSR count). The van der Waals surface area contributed by atoms with Crippen LogP contribution in [0.15, 0.2) is 0 Å². The van der Waals surface area contributed by atoms with Crippen molar-refractivity contribution >= 4 is 15.7 Å². The molecule has 0 spiro atoms. The van der Waals surface area contributed by atoms with Gasteiger partial charge in [0.05, 0.1) is 5.75 Å². The Labute approximate surface area is 104 Å². The zero-order chi connectivity index (χ0) is 14.8. The number of benzene rings is 1. The number of hydrogen-bond acceptors (Lipinski definition) is 3. The highest BCUT2D eigenvalue weighted by Gasteiger charge is 2.28. The van der Waals surface area contributed by atoms with E-state index >= 15 is 0 Å². The van der Waals surface area contributed by atoms with Crippen molar-refractivity contribution in [1.29, 1.82) is 0 Å². The smallest absolute Gasteiger partial charge is 0.232 e. The Hall–Kier alpha value is -1.42. The first-order valence-corrected chi connectivity index (χ1v) is 6.49. The summed E-state index contributed by atoms with van der Waals surface area (Å²) < 4.78 is 88.4. The largest absolute Gasteiger partial charge is 0.396 e. The molecular formula is C9H8F5NO3S. The van der Waals surface area contributed by atoms with E-state index < -0.39 is 57.2 Å². The third-order valence-corrected chi connectivity index (χ3v) is 3.38. The third kappa shape index (κ3) is 3.32. The van der Waals surface area contributed by atoms with Crippen molar-refractivity contribution < 1.29 is 35.5 Å². The first-order valence-electron chi connectivity index (χ1n) is 4.84. The summed E-state index contributed by atoms with van der Waals surface area (Å²) in [5.74, 6) is -12.2. The Balaban J connectivity index is 3.23. The summed E-state index contributed by atoms with van der Waals surface area (Å²) >= 11 is 0. The van der Waals surface area contributed by atoms with Gasteiger partial charge in [0.1, 0.15) is 5.69 Å². The van der Waals surface area contributed by atoms with Gasteiger partial charge in [0.15, 0.2) is 23.3 Å². The zero-order valence-corrected chi connectivity index (χ0v) is 10.00. The van der Waals surface area contributed by atoms with Crippen LogP contribution in [-0.2, 0) is 10.0 Å². The van der Waals surface area contributed by atoms with Crippen molar-refractivity contribution in [3.8, 4) is 0 Å². The van der Waals surface area contributed by atoms with Gasteiger partial charge in [0, 0.05) is 6.61 Å². The number of sulfonamides is 1. The lowest BCUT2D eigenvalue weighted by atomic mass is 10.2. The summed E-state index contributed by atoms with van der Waals surface area (Å²) in [6.45, 7) is -0.516. The van der Waals surface area contributed by atoms with Crippen molar-refractivity contribution in [2.24, 2.45) is 0 Å². The van der Waals surface area contributed by atoms with Gasteiger partial charge < -0.3 is 5.11 Å². The van der Waals surface area contributed by atoms with Gasteiger partial charge in [0.2, 0.25) is 15.8 Å². The van der Waals surface area contributed by atoms with Gasteiger partial charge in [-0.1, -0.05) is 0 Å². The van der Waals surface area contributed by atoms with E-state index in [-0.39, 0.29) is 6.42 Å². The fourth-order valence-electron chi connectivity index (χ4n) is 1.16. The fraction of sp³-hybridized carbons (Fsp3) is 0.333. The molecule has 0 saturated carbocycles. The molecule has 0 unspecified atom stereocenters. The molecule has 1 aromatic carbocycles. The molecule has 0 amide bonds. The van der Waals surface area contributed by atoms with Crippen LogP contribution in [-0.4, -0.2) is 25.9 Å². The Morgan fingerprint density at radius 2 is 1.32 bits per heavy atom. The van der Waals surface area contributed by atoms with E-state index in [2.05, 4.69) is 0 Å². The zero-order valence-electron chi connectivity index (χ0n) is 9.18. The lowest BCUT2D eigenvalue weighted by molar-refractivity contribution is 0.295. The van der Waals surface area contributed by atoms with Crippen molar-refractivity contribution in [1.82, 2.24) is 0 Å². The lowest BCUT2D eigenvalue weighted by Gasteiger charge is -2.11. The van der Waals surface area contributed by atoms with Crippen molar-refractivity contribution in [2.45, 2.75) is 6.42 Å². The molecule has 0 aromatic heterocycles. The van der Waals surface area contributed by atoms with Crippen molar-refractivity contribution in [2.75, 3.05) is 17.1 Å². The summed E-state index contributed by atoms with van der Waals surface area (Å²) in [6, 6.07) is 0. The van der Waals surface area contributed by atoms with E-state index in [4.69, 9.17) is 5.11 Å². The number of aliphatic hydroxyl groups excluding tert-OH is 1. The second kappa shape index (κ2) is 5.70. The number of rotatable bonds is 5. The molecule has 2 N–H and O–H groups in total. The number of aliphatic hydroxyl groups is 1. The van der Waals surface area contributed by atoms with Crippen LogP contribution >= 0.6 is 0 Å². The van der Waals surface area contributed by atoms with E-state index in [1.165, 1.54) is 4.72 Å². The lowest BCUT2D eigenvalue weighted by Crippen LogP contribution is -2.20. The topological polar surface area (TPSA) is 66.4 Å². The van der Waals surface area contributed by atoms with Crippen LogP contribution in [0.4, 0.5) is 27.6 Å². The molecular weight excluding hydrogens is 297 g/mol. The van der Waals surface area contributed by atoms with Crippen LogP contribution in [0.25, 0.3) is 0 Å². The van der Waals surface area contributed by atoms with Crippen LogP contribution in [0.2, 0.25) is 0 Å². The Morgan fingerprint density at radius 1 is 0.895 bits per heavy atom. The Kier molecular flexibility index (Phi) is 4.69. The van der Waals surface area contributed by atoms with Crippen LogP contribution in [0.1, 0.15) is 6.42 Å². The molecule has 10 heteroatoms. The molecule has 0 aliphatic rings. The molecule has 1 aromatic rings. The summed E-state index contributed by atoms with van der Waals surface area (Å²) in [4.78, 5) is 0. The van der Waals surface area contributed by atoms with Gasteiger partial charge in [-0.3, -0.25) is 4.72 Å². The molecule has 0 saturated heterocycles. The van der Waals surface area contributed by atoms with Gasteiger partial charge in [-0.25, -0.2) is 30.4 Å². The van der Waals surface area contributed by atoms with E-state index in [1.54, 1.807) is 0 Å². The van der Waals surface area contributed by atoms with Gasteiger partial charge in [-0.05, 0) is 6.42 Å². The second-order valence-corrected chi connectivity index (χ2v) is 5.28. The highest BCUT2D eigenvalue weighted by atomic mass is 32.2. The molecule has 19 heavy (non-hydrogen) atoms. The summed E-state index contributed by atoms with van der Waals surface area (Å²) in [5.41, 5.74) is -1.64. The monoisotopic (exact) mass is 305 g/mol. The average Bonchev–Trinajstić information content (AvgIpc) is 2.37. The van der Waals surface area contributed by atoms with Crippen LogP contribution < -0.4 is 4.72 Å². The standard InChI is InChI=1S/C9H8F5NO3S/c10-4-5(11)7(13)9(8(14)6(4)12)15-19(17,18)3-1-2-16/h15-16H,1-3H2. The van der Waals surface area contributed by atoms with Gasteiger partial charge in [-0.2, -0.15) is 0 Å². The molecule has 0 radical (unpaired) electrons. The predicted molar refractivity (Wildman–Crippen MR) is 55.3 cm³/mol. The minimum atomic E-state index is -4.33. The minimum absolute atomic E-state index is 0.259. The van der Waals surface area contributed by atoms with E-state index in [9.17, 15) is 30.4 Å². The first kappa shape index (κ1) is 15.6. The summed E-state index contributed by atoms with van der Waals surface area (Å²) in [6.07, 6.45) is -0.259. The average molecular weight is 305 g/mol. The molecule has 0 heterocycles. The molecule has 0 bridgehead atoms. The summed E-state index contributed by atoms with van der Waals surface area (Å²) in [7, 11) is -4.33. The quantitative estimate of drug-likeness (QED) is 0.492. The van der Waals surface area contributed by atoms with E-state index in [0.717, 1.165) is 0 Å². The molecule has 108 valence electrons. The maximum atomic E-state index is 13.2. The van der Waals surface area contributed by atoms with Crippen molar-refractivity contribution in [3.63, 3.8) is 0 Å². The second-order valence-electron chi connectivity index (χ2n) is 3.44. The van der Waals surface area contributed by atoms with Crippen LogP contribution in [0.5, 0.6) is 0 Å². The minimum Gasteiger partial charge on any atom is -0.396 e. The normalized spacial score (nSPS) is 11.7. The van der Waals surface area contributed by atoms with Crippen LogP contribution in [0, 0.1) is 29.1 Å². The Morgan fingerprint density at radius 3 is 1.74 bits per heavy atom. The SMILES string of the molecule is O=S(=O)(CCCO)Nc1c(F)c(F)c(F)c(F)c1F. The van der Waals surface area contributed by atoms with Crippen molar-refractivity contribution in [3.05, 3.63) is 29.1 Å². The number of hydrogen-bond donors (Lipinski definition) is 2. The van der Waals surface area contributed by atoms with E-state index in [1.807, 2.05) is 0 Å². The van der Waals surface area contributed by atoms with Gasteiger partial charge in [0.25, 0.3) is 0 Å². The maximum absolute atomic E-state index is 13.2. The van der Waals surface area contributed by atoms with E-state index in [0.29, 0.717) is 0 Å². The molecule has 0 fully saturated rings. The van der Waals surface area contributed by atoms with Crippen LogP contribution in [0.3, 0.4) is 0 Å².